The van der Waals surface area contributed by atoms with Crippen LogP contribution in [-0.2, 0) is 19.2 Å². The first-order valence-electron chi connectivity index (χ1n) is 14.7. The van der Waals surface area contributed by atoms with Crippen molar-refractivity contribution in [3.05, 3.63) is 36.1 Å². The lowest BCUT2D eigenvalue weighted by molar-refractivity contribution is -0.138. The predicted molar refractivity (Wildman–Crippen MR) is 168 cm³/mol. The number of Topliss-reactive ketones (excluding diaryl/α,β-unsaturated/α-hetero) is 1. The molecule has 0 aliphatic carbocycles. The summed E-state index contributed by atoms with van der Waals surface area (Å²) in [5.74, 6) is -3.71. The van der Waals surface area contributed by atoms with Crippen molar-refractivity contribution in [3.63, 3.8) is 0 Å². The smallest absolute Gasteiger partial charge is 0.412 e. The number of hydrogen-bond acceptors (Lipinski definition) is 12. The average molecular weight is 673 g/mol. The molecule has 18 heteroatoms. The number of rotatable bonds is 19. The molecule has 4 amide bonds. The molecule has 0 atom stereocenters. The van der Waals surface area contributed by atoms with Crippen molar-refractivity contribution in [1.29, 1.82) is 0 Å². The van der Waals surface area contributed by atoms with E-state index in [0.29, 0.717) is 36.7 Å². The molecule has 0 unspecified atom stereocenters. The number of ether oxygens (including phenoxy) is 2. The zero-order chi connectivity index (χ0) is 35.1. The van der Waals surface area contributed by atoms with E-state index in [9.17, 15) is 33.6 Å². The van der Waals surface area contributed by atoms with Gasteiger partial charge in [-0.3, -0.25) is 24.0 Å². The fourth-order valence-electron chi connectivity index (χ4n) is 4.20. The van der Waals surface area contributed by atoms with Crippen LogP contribution in [0.5, 0.6) is 11.5 Å². The second-order valence-electron chi connectivity index (χ2n) is 10.1. The zero-order valence-electron chi connectivity index (χ0n) is 25.9. The predicted octanol–water partition coefficient (Wildman–Crippen LogP) is 0.326. The van der Waals surface area contributed by atoms with E-state index in [0.717, 1.165) is 0 Å². The third-order valence-electron chi connectivity index (χ3n) is 6.38. The number of carboxylic acids is 2. The summed E-state index contributed by atoms with van der Waals surface area (Å²) in [4.78, 5) is 81.8. The minimum absolute atomic E-state index is 0.00346. The first-order valence-corrected chi connectivity index (χ1v) is 14.7. The van der Waals surface area contributed by atoms with Crippen LogP contribution in [0.4, 0.5) is 9.59 Å². The highest BCUT2D eigenvalue weighted by Gasteiger charge is 2.24. The normalized spacial score (nSPS) is 10.7. The highest BCUT2D eigenvalue weighted by molar-refractivity contribution is 6.12. The van der Waals surface area contributed by atoms with Crippen molar-refractivity contribution >= 4 is 63.5 Å². The third kappa shape index (κ3) is 11.6. The number of carboxylic acid groups (broad SMARTS) is 2. The number of carbonyl (C=O) groups is 7. The molecular formula is C30H36N6O12. The van der Waals surface area contributed by atoms with Crippen molar-refractivity contribution in [3.8, 4) is 11.5 Å². The Bertz CT molecular complexity index is 1560. The molecule has 3 aromatic rings. The van der Waals surface area contributed by atoms with Gasteiger partial charge in [0.15, 0.2) is 28.6 Å². The van der Waals surface area contributed by atoms with Gasteiger partial charge in [-0.05, 0) is 32.0 Å². The number of benzene rings is 2. The lowest BCUT2D eigenvalue weighted by Gasteiger charge is -2.14. The van der Waals surface area contributed by atoms with E-state index in [2.05, 4.69) is 31.9 Å². The van der Waals surface area contributed by atoms with Crippen molar-refractivity contribution < 1.29 is 57.7 Å². The Kier molecular flexibility index (Phi) is 14.1. The summed E-state index contributed by atoms with van der Waals surface area (Å²) in [6.45, 7) is 1.13. The van der Waals surface area contributed by atoms with E-state index in [1.54, 1.807) is 24.3 Å². The Morgan fingerprint density at radius 1 is 0.646 bits per heavy atom. The van der Waals surface area contributed by atoms with Gasteiger partial charge in [0.05, 0.1) is 18.5 Å². The summed E-state index contributed by atoms with van der Waals surface area (Å²) in [6.07, 6.45) is -0.823. The number of furan rings is 1. The molecule has 0 aliphatic heterocycles. The molecule has 0 fully saturated rings. The van der Waals surface area contributed by atoms with E-state index in [4.69, 9.17) is 24.1 Å². The fourth-order valence-corrected chi connectivity index (χ4v) is 4.20. The molecule has 258 valence electrons. The van der Waals surface area contributed by atoms with Gasteiger partial charge in [-0.2, -0.15) is 0 Å². The van der Waals surface area contributed by atoms with Crippen LogP contribution in [0.25, 0.3) is 21.7 Å². The van der Waals surface area contributed by atoms with Crippen LogP contribution in [0.15, 0.2) is 34.7 Å². The third-order valence-corrected chi connectivity index (χ3v) is 6.38. The number of amides is 4. The summed E-state index contributed by atoms with van der Waals surface area (Å²) in [5.41, 5.74) is -0.00346. The molecule has 1 heterocycles. The summed E-state index contributed by atoms with van der Waals surface area (Å²) in [7, 11) is 0. The Labute approximate surface area is 272 Å². The average Bonchev–Trinajstić information content (AvgIpc) is 3.50. The SMILES string of the molecule is CC(=O)c1cc2c(OC(=O)NCCCNCC(=O)NCC(=O)O)c3ccccc3c(OC(=O)NCCCNCC(=O)NCC(=O)O)c2o1. The lowest BCUT2D eigenvalue weighted by atomic mass is 10.1. The Hall–Kier alpha value is -5.75. The van der Waals surface area contributed by atoms with E-state index in [-0.39, 0.29) is 54.4 Å². The van der Waals surface area contributed by atoms with Crippen LogP contribution < -0.4 is 41.4 Å². The molecule has 0 saturated heterocycles. The van der Waals surface area contributed by atoms with Crippen molar-refractivity contribution in [2.24, 2.45) is 0 Å². The first-order chi connectivity index (χ1) is 23.0. The molecule has 2 aromatic carbocycles. The van der Waals surface area contributed by atoms with E-state index in [1.807, 2.05) is 0 Å². The summed E-state index contributed by atoms with van der Waals surface area (Å²) >= 11 is 0. The van der Waals surface area contributed by atoms with Crippen molar-refractivity contribution in [2.75, 3.05) is 52.4 Å². The van der Waals surface area contributed by atoms with Crippen LogP contribution >= 0.6 is 0 Å². The second kappa shape index (κ2) is 18.4. The van der Waals surface area contributed by atoms with Gasteiger partial charge in [-0.15, -0.1) is 0 Å². The zero-order valence-corrected chi connectivity index (χ0v) is 25.9. The van der Waals surface area contributed by atoms with Crippen molar-refractivity contribution in [1.82, 2.24) is 31.9 Å². The van der Waals surface area contributed by atoms with Gasteiger partial charge in [0.2, 0.25) is 11.8 Å². The lowest BCUT2D eigenvalue weighted by Crippen LogP contribution is -2.37. The van der Waals surface area contributed by atoms with Crippen LogP contribution in [0.1, 0.15) is 30.3 Å². The molecule has 0 spiro atoms. The largest absolute Gasteiger partial charge is 0.480 e. The van der Waals surface area contributed by atoms with Gasteiger partial charge in [0.25, 0.3) is 0 Å². The number of ketones is 1. The van der Waals surface area contributed by atoms with Gasteiger partial charge < -0.3 is 56.0 Å². The molecule has 8 N–H and O–H groups in total. The molecule has 0 bridgehead atoms. The Morgan fingerprint density at radius 3 is 1.60 bits per heavy atom. The fraction of sp³-hybridized carbons (Fsp3) is 0.367. The highest BCUT2D eigenvalue weighted by atomic mass is 16.6. The maximum Gasteiger partial charge on any atom is 0.412 e. The molecule has 3 rings (SSSR count). The second-order valence-corrected chi connectivity index (χ2v) is 10.1. The van der Waals surface area contributed by atoms with Gasteiger partial charge in [-0.25, -0.2) is 9.59 Å². The monoisotopic (exact) mass is 672 g/mol. The molecule has 0 saturated carbocycles. The Balaban J connectivity index is 1.62. The first kappa shape index (κ1) is 36.7. The molecule has 18 nitrogen and oxygen atoms in total. The summed E-state index contributed by atoms with van der Waals surface area (Å²) in [6, 6.07) is 8.00. The molecule has 0 radical (unpaired) electrons. The quantitative estimate of drug-likeness (QED) is 0.0630. The van der Waals surface area contributed by atoms with Gasteiger partial charge in [-0.1, -0.05) is 24.3 Å². The van der Waals surface area contributed by atoms with E-state index >= 15 is 0 Å². The molecule has 1 aromatic heterocycles. The number of fused-ring (bicyclic) bond motifs is 2. The van der Waals surface area contributed by atoms with Crippen LogP contribution in [0.2, 0.25) is 0 Å². The van der Waals surface area contributed by atoms with Gasteiger partial charge >= 0.3 is 24.1 Å². The van der Waals surface area contributed by atoms with Gasteiger partial charge in [0.1, 0.15) is 13.1 Å². The van der Waals surface area contributed by atoms with E-state index in [1.165, 1.54) is 13.0 Å². The standard InChI is InChI=1S/C30H36N6O12/c1-17(37)21-12-20-26(47-29(44)33-10-4-8-31-13-22(38)35-15-24(40)41)18-6-2-3-7-19(18)27(28(20)46-21)48-30(45)34-11-5-9-32-14-23(39)36-16-25(42)43/h2-3,6-7,12,31-32H,4-5,8-11,13-16H2,1H3,(H,33,44)(H,34,45)(H,35,38)(H,36,39)(H,40,41)(H,42,43). The minimum atomic E-state index is -1.16. The number of aliphatic carboxylic acids is 2. The summed E-state index contributed by atoms with van der Waals surface area (Å²) in [5, 5.41) is 33.4. The molecule has 48 heavy (non-hydrogen) atoms. The highest BCUT2D eigenvalue weighted by Crippen LogP contribution is 2.44. The topological polar surface area (TPSA) is 264 Å². The minimum Gasteiger partial charge on any atom is -0.480 e. The number of hydrogen-bond donors (Lipinski definition) is 8. The van der Waals surface area contributed by atoms with E-state index < -0.39 is 54.8 Å². The molecule has 0 aliphatic rings. The van der Waals surface area contributed by atoms with Crippen LogP contribution in [0, 0.1) is 0 Å². The number of carbonyl (C=O) groups excluding carboxylic acids is 5. The van der Waals surface area contributed by atoms with Gasteiger partial charge in [0, 0.05) is 30.8 Å². The Morgan fingerprint density at radius 2 is 1.12 bits per heavy atom. The van der Waals surface area contributed by atoms with Crippen LogP contribution in [-0.4, -0.2) is 104 Å². The summed E-state index contributed by atoms with van der Waals surface area (Å²) < 4.78 is 17.0. The number of nitrogens with one attached hydrogen (secondary N) is 6. The maximum absolute atomic E-state index is 12.8. The van der Waals surface area contributed by atoms with Crippen molar-refractivity contribution in [2.45, 2.75) is 19.8 Å². The van der Waals surface area contributed by atoms with Crippen LogP contribution in [0.3, 0.4) is 0 Å². The maximum atomic E-state index is 12.8. The molecular weight excluding hydrogens is 636 g/mol.